The van der Waals surface area contributed by atoms with Crippen molar-refractivity contribution >= 4 is 29.8 Å². The lowest BCUT2D eigenvalue weighted by Crippen LogP contribution is -2.50. The minimum Gasteiger partial charge on any atom is -0.463 e. The normalized spacial score (nSPS) is 16.8. The Bertz CT molecular complexity index is 1110. The average molecular weight is 504 g/mol. The van der Waals surface area contributed by atoms with Crippen molar-refractivity contribution in [1.29, 1.82) is 0 Å². The molecule has 1 heterocycles. The van der Waals surface area contributed by atoms with Crippen LogP contribution < -0.4 is 16.0 Å². The molecule has 1 fully saturated rings. The Morgan fingerprint density at radius 3 is 2.38 bits per heavy atom. The summed E-state index contributed by atoms with van der Waals surface area (Å²) in [5.74, 6) is -1.72. The Kier molecular flexibility index (Phi) is 10.6. The largest absolute Gasteiger partial charge is 0.463 e. The summed E-state index contributed by atoms with van der Waals surface area (Å²) in [7, 11) is 0. The third-order valence-electron chi connectivity index (χ3n) is 5.92. The quantitative estimate of drug-likeness (QED) is 0.304. The molecule has 0 unspecified atom stereocenters. The molecule has 194 valence electrons. The molecule has 8 heteroatoms. The van der Waals surface area contributed by atoms with Crippen molar-refractivity contribution in [2.75, 3.05) is 13.2 Å². The smallest absolute Gasteiger partial charge is 0.330 e. The fraction of sp³-hybridized carbons (Fsp3) is 0.310. The van der Waals surface area contributed by atoms with E-state index in [0.717, 1.165) is 11.1 Å². The SMILES string of the molecule is CCOC(=O)/C=C/[C@H](C[C@@H]1CCNC1=O)NC(=O)[C@H](Cc1ccccc1)NC(=O)/C=C/c1ccccc1. The topological polar surface area (TPSA) is 114 Å². The van der Waals surface area contributed by atoms with Gasteiger partial charge in [0.1, 0.15) is 6.04 Å². The maximum atomic E-state index is 13.4. The Hall–Kier alpha value is -4.20. The molecule has 1 saturated heterocycles. The summed E-state index contributed by atoms with van der Waals surface area (Å²) in [5.41, 5.74) is 1.74. The van der Waals surface area contributed by atoms with Crippen LogP contribution in [0.5, 0.6) is 0 Å². The molecule has 2 aromatic rings. The van der Waals surface area contributed by atoms with Crippen LogP contribution in [0.1, 0.15) is 30.9 Å². The first-order chi connectivity index (χ1) is 17.9. The van der Waals surface area contributed by atoms with E-state index in [-0.39, 0.29) is 24.9 Å². The number of ether oxygens (including phenoxy) is 1. The molecular weight excluding hydrogens is 470 g/mol. The Morgan fingerprint density at radius 2 is 1.73 bits per heavy atom. The summed E-state index contributed by atoms with van der Waals surface area (Å²) in [6.45, 7) is 2.51. The minimum absolute atomic E-state index is 0.0797. The van der Waals surface area contributed by atoms with Gasteiger partial charge in [-0.1, -0.05) is 66.7 Å². The highest BCUT2D eigenvalue weighted by Gasteiger charge is 2.29. The van der Waals surface area contributed by atoms with E-state index in [1.807, 2.05) is 60.7 Å². The number of esters is 1. The van der Waals surface area contributed by atoms with Crippen molar-refractivity contribution in [3.05, 3.63) is 90.0 Å². The van der Waals surface area contributed by atoms with Gasteiger partial charge >= 0.3 is 5.97 Å². The molecular formula is C29H33N3O5. The number of rotatable bonds is 12. The minimum atomic E-state index is -0.869. The van der Waals surface area contributed by atoms with Gasteiger partial charge in [-0.3, -0.25) is 14.4 Å². The van der Waals surface area contributed by atoms with Gasteiger partial charge in [-0.2, -0.15) is 0 Å². The fourth-order valence-corrected chi connectivity index (χ4v) is 4.05. The molecule has 0 saturated carbocycles. The van der Waals surface area contributed by atoms with Crippen molar-refractivity contribution in [3.8, 4) is 0 Å². The molecule has 1 aliphatic rings. The average Bonchev–Trinajstić information content (AvgIpc) is 3.31. The molecule has 3 atom stereocenters. The Morgan fingerprint density at radius 1 is 1.03 bits per heavy atom. The van der Waals surface area contributed by atoms with Crippen LogP contribution in [0.4, 0.5) is 0 Å². The summed E-state index contributed by atoms with van der Waals surface area (Å²) in [6.07, 6.45) is 7.11. The molecule has 0 aliphatic carbocycles. The Balaban J connectivity index is 1.75. The summed E-state index contributed by atoms with van der Waals surface area (Å²) in [4.78, 5) is 50.1. The summed E-state index contributed by atoms with van der Waals surface area (Å²) in [5, 5.41) is 8.50. The zero-order chi connectivity index (χ0) is 26.5. The van der Waals surface area contributed by atoms with Crippen molar-refractivity contribution in [2.24, 2.45) is 5.92 Å². The zero-order valence-electron chi connectivity index (χ0n) is 20.9. The van der Waals surface area contributed by atoms with Crippen LogP contribution in [0.2, 0.25) is 0 Å². The lowest BCUT2D eigenvalue weighted by Gasteiger charge is -2.23. The van der Waals surface area contributed by atoms with Crippen LogP contribution >= 0.6 is 0 Å². The highest BCUT2D eigenvalue weighted by molar-refractivity contribution is 5.95. The second-order valence-corrected chi connectivity index (χ2v) is 8.73. The molecule has 3 N–H and O–H groups in total. The lowest BCUT2D eigenvalue weighted by molar-refractivity contribution is -0.137. The predicted molar refractivity (Wildman–Crippen MR) is 141 cm³/mol. The molecule has 37 heavy (non-hydrogen) atoms. The number of hydrogen-bond acceptors (Lipinski definition) is 5. The van der Waals surface area contributed by atoms with Crippen LogP contribution in [-0.2, 0) is 30.3 Å². The molecule has 0 spiro atoms. The van der Waals surface area contributed by atoms with Crippen LogP contribution in [0.25, 0.3) is 6.08 Å². The monoisotopic (exact) mass is 503 g/mol. The van der Waals surface area contributed by atoms with E-state index in [1.165, 1.54) is 18.2 Å². The first-order valence-corrected chi connectivity index (χ1v) is 12.4. The van der Waals surface area contributed by atoms with Gasteiger partial charge < -0.3 is 20.7 Å². The van der Waals surface area contributed by atoms with Gasteiger partial charge in [-0.05, 0) is 37.0 Å². The second-order valence-electron chi connectivity index (χ2n) is 8.73. The van der Waals surface area contributed by atoms with Crippen LogP contribution in [0.15, 0.2) is 78.9 Å². The van der Waals surface area contributed by atoms with Crippen molar-refractivity contribution in [3.63, 3.8) is 0 Å². The third kappa shape index (κ3) is 9.40. The first kappa shape index (κ1) is 27.4. The second kappa shape index (κ2) is 14.4. The number of benzene rings is 2. The molecule has 8 nitrogen and oxygen atoms in total. The molecule has 2 aromatic carbocycles. The molecule has 3 amide bonds. The van der Waals surface area contributed by atoms with E-state index >= 15 is 0 Å². The van der Waals surface area contributed by atoms with Gasteiger partial charge in [0.15, 0.2) is 0 Å². The van der Waals surface area contributed by atoms with Gasteiger partial charge in [0, 0.05) is 37.1 Å². The third-order valence-corrected chi connectivity index (χ3v) is 5.92. The molecule has 3 rings (SSSR count). The number of amides is 3. The van der Waals surface area contributed by atoms with Crippen LogP contribution in [-0.4, -0.2) is 48.9 Å². The van der Waals surface area contributed by atoms with Gasteiger partial charge in [0.2, 0.25) is 17.7 Å². The van der Waals surface area contributed by atoms with Crippen molar-refractivity contribution in [2.45, 2.75) is 38.3 Å². The number of carbonyl (C=O) groups is 4. The maximum Gasteiger partial charge on any atom is 0.330 e. The number of carbonyl (C=O) groups excluding carboxylic acids is 4. The standard InChI is InChI=1S/C29H33N3O5/c1-2-37-27(34)16-14-24(20-23-17-18-30-28(23)35)31-29(36)25(19-22-11-7-4-8-12-22)32-26(33)15-13-21-9-5-3-6-10-21/h3-16,23-25H,2,17-20H2,1H3,(H,30,35)(H,31,36)(H,32,33)/b15-13+,16-14+/t23-,24+,25-/m0/s1. The van der Waals surface area contributed by atoms with E-state index < -0.39 is 29.9 Å². The molecule has 1 aliphatic heterocycles. The zero-order valence-corrected chi connectivity index (χ0v) is 20.9. The summed E-state index contributed by atoms with van der Waals surface area (Å²) in [6, 6.07) is 17.3. The maximum absolute atomic E-state index is 13.4. The molecule has 0 aromatic heterocycles. The van der Waals surface area contributed by atoms with Gasteiger partial charge in [0.25, 0.3) is 0 Å². The van der Waals surface area contributed by atoms with E-state index in [9.17, 15) is 19.2 Å². The highest BCUT2D eigenvalue weighted by Crippen LogP contribution is 2.17. The van der Waals surface area contributed by atoms with Crippen molar-refractivity contribution in [1.82, 2.24) is 16.0 Å². The molecule has 0 bridgehead atoms. The van der Waals surface area contributed by atoms with Gasteiger partial charge in [-0.25, -0.2) is 4.79 Å². The Labute approximate surface area is 217 Å². The van der Waals surface area contributed by atoms with Crippen molar-refractivity contribution < 1.29 is 23.9 Å². The highest BCUT2D eigenvalue weighted by atomic mass is 16.5. The summed E-state index contributed by atoms with van der Waals surface area (Å²) < 4.78 is 4.95. The van der Waals surface area contributed by atoms with Gasteiger partial charge in [0.05, 0.1) is 6.61 Å². The lowest BCUT2D eigenvalue weighted by atomic mass is 9.97. The molecule has 0 radical (unpaired) electrons. The van der Waals surface area contributed by atoms with Crippen LogP contribution in [0.3, 0.4) is 0 Å². The number of nitrogens with one attached hydrogen (secondary N) is 3. The van der Waals surface area contributed by atoms with E-state index in [4.69, 9.17) is 4.74 Å². The van der Waals surface area contributed by atoms with E-state index in [0.29, 0.717) is 19.4 Å². The van der Waals surface area contributed by atoms with E-state index in [2.05, 4.69) is 16.0 Å². The van der Waals surface area contributed by atoms with Crippen LogP contribution in [0, 0.1) is 5.92 Å². The van der Waals surface area contributed by atoms with Gasteiger partial charge in [-0.15, -0.1) is 0 Å². The fourth-order valence-electron chi connectivity index (χ4n) is 4.05. The summed E-state index contributed by atoms with van der Waals surface area (Å²) >= 11 is 0. The predicted octanol–water partition coefficient (Wildman–Crippen LogP) is 2.56. The first-order valence-electron chi connectivity index (χ1n) is 12.4. The number of hydrogen-bond donors (Lipinski definition) is 3. The van der Waals surface area contributed by atoms with E-state index in [1.54, 1.807) is 13.0 Å².